The maximum absolute atomic E-state index is 13.2. The Labute approximate surface area is 93.5 Å². The molecule has 2 nitrogen and oxygen atoms in total. The van der Waals surface area contributed by atoms with E-state index in [1.807, 2.05) is 16.5 Å². The first-order valence-electron chi connectivity index (χ1n) is 4.47. The number of halogens is 2. The zero-order valence-electron chi connectivity index (χ0n) is 7.61. The van der Waals surface area contributed by atoms with Crippen molar-refractivity contribution < 1.29 is 4.39 Å². The van der Waals surface area contributed by atoms with Crippen LogP contribution in [0, 0.1) is 5.82 Å². The molecule has 3 aromatic rings. The average Bonchev–Trinajstić information content (AvgIpc) is 2.60. The van der Waals surface area contributed by atoms with Crippen LogP contribution in [0.1, 0.15) is 0 Å². The molecule has 1 aromatic carbocycles. The summed E-state index contributed by atoms with van der Waals surface area (Å²) >= 11 is 3.39. The number of nitrogens with zero attached hydrogens (tertiary/aromatic N) is 2. The summed E-state index contributed by atoms with van der Waals surface area (Å²) in [6.07, 6.45) is 1.71. The fourth-order valence-electron chi connectivity index (χ4n) is 1.72. The van der Waals surface area contributed by atoms with Gasteiger partial charge in [-0.15, -0.1) is 0 Å². The Balaban J connectivity index is 2.61. The van der Waals surface area contributed by atoms with Crippen LogP contribution in [0.25, 0.3) is 16.6 Å². The Bertz CT molecular complexity index is 660. The molecule has 0 saturated heterocycles. The molecule has 0 aliphatic carbocycles. The highest BCUT2D eigenvalue weighted by atomic mass is 79.9. The predicted molar refractivity (Wildman–Crippen MR) is 60.4 cm³/mol. The highest BCUT2D eigenvalue weighted by molar-refractivity contribution is 9.10. The van der Waals surface area contributed by atoms with Gasteiger partial charge in [-0.05, 0) is 51.6 Å². The van der Waals surface area contributed by atoms with Crippen LogP contribution in [-0.4, -0.2) is 9.38 Å². The first kappa shape index (κ1) is 8.85. The van der Waals surface area contributed by atoms with Crippen LogP contribution in [0.2, 0.25) is 0 Å². The van der Waals surface area contributed by atoms with E-state index in [2.05, 4.69) is 20.9 Å². The van der Waals surface area contributed by atoms with Crippen molar-refractivity contribution >= 4 is 32.5 Å². The van der Waals surface area contributed by atoms with Crippen LogP contribution in [0.3, 0.4) is 0 Å². The standard InChI is InChI=1S/C11H6BrFN2/c12-10-6-14-11-4-2-7-1-3-8(13)5-9(7)15(10)11/h1-6H. The molecule has 0 unspecified atom stereocenters. The fourth-order valence-corrected chi connectivity index (χ4v) is 2.19. The van der Waals surface area contributed by atoms with E-state index < -0.39 is 0 Å². The molecule has 4 heteroatoms. The maximum Gasteiger partial charge on any atom is 0.138 e. The van der Waals surface area contributed by atoms with Gasteiger partial charge in [-0.3, -0.25) is 4.40 Å². The summed E-state index contributed by atoms with van der Waals surface area (Å²) in [7, 11) is 0. The summed E-state index contributed by atoms with van der Waals surface area (Å²) in [4.78, 5) is 4.19. The van der Waals surface area contributed by atoms with E-state index in [0.717, 1.165) is 21.2 Å². The molecule has 0 amide bonds. The largest absolute Gasteiger partial charge is 0.287 e. The molecule has 0 fully saturated rings. The fraction of sp³-hybridized carbons (Fsp3) is 0. The Morgan fingerprint density at radius 1 is 1.20 bits per heavy atom. The van der Waals surface area contributed by atoms with Crippen molar-refractivity contribution in [2.75, 3.05) is 0 Å². The van der Waals surface area contributed by atoms with Crippen LogP contribution in [0.5, 0.6) is 0 Å². The highest BCUT2D eigenvalue weighted by Gasteiger charge is 2.05. The first-order valence-corrected chi connectivity index (χ1v) is 5.26. The monoisotopic (exact) mass is 264 g/mol. The highest BCUT2D eigenvalue weighted by Crippen LogP contribution is 2.22. The second kappa shape index (κ2) is 3.03. The minimum Gasteiger partial charge on any atom is -0.287 e. The third-order valence-corrected chi connectivity index (χ3v) is 2.95. The summed E-state index contributed by atoms with van der Waals surface area (Å²) in [5.41, 5.74) is 1.62. The lowest BCUT2D eigenvalue weighted by molar-refractivity contribution is 0.629. The topological polar surface area (TPSA) is 17.3 Å². The molecule has 3 rings (SSSR count). The number of aromatic nitrogens is 2. The van der Waals surface area contributed by atoms with Gasteiger partial charge in [0.05, 0.1) is 11.7 Å². The second-order valence-electron chi connectivity index (χ2n) is 3.31. The molecule has 0 N–H and O–H groups in total. The van der Waals surface area contributed by atoms with Gasteiger partial charge in [-0.1, -0.05) is 0 Å². The third kappa shape index (κ3) is 1.25. The van der Waals surface area contributed by atoms with Gasteiger partial charge in [0.25, 0.3) is 0 Å². The molecule has 74 valence electrons. The minimum atomic E-state index is -0.240. The van der Waals surface area contributed by atoms with E-state index in [-0.39, 0.29) is 5.82 Å². The van der Waals surface area contributed by atoms with Gasteiger partial charge in [-0.25, -0.2) is 9.37 Å². The molecule has 0 radical (unpaired) electrons. The van der Waals surface area contributed by atoms with Crippen molar-refractivity contribution in [2.45, 2.75) is 0 Å². The van der Waals surface area contributed by atoms with Gasteiger partial charge < -0.3 is 0 Å². The molecule has 0 aliphatic rings. The van der Waals surface area contributed by atoms with E-state index in [1.165, 1.54) is 12.1 Å². The molecule has 0 bridgehead atoms. The summed E-state index contributed by atoms with van der Waals surface area (Å²) in [6, 6.07) is 8.57. The van der Waals surface area contributed by atoms with Gasteiger partial charge in [0, 0.05) is 0 Å². The van der Waals surface area contributed by atoms with Gasteiger partial charge in [-0.2, -0.15) is 0 Å². The van der Waals surface area contributed by atoms with Crippen molar-refractivity contribution in [3.05, 3.63) is 46.9 Å². The number of imidazole rings is 1. The molecular formula is C11H6BrFN2. The summed E-state index contributed by atoms with van der Waals surface area (Å²) in [5, 5.41) is 0.989. The van der Waals surface area contributed by atoms with Crippen molar-refractivity contribution in [3.63, 3.8) is 0 Å². The number of pyridine rings is 1. The van der Waals surface area contributed by atoms with Gasteiger partial charge in [0.1, 0.15) is 16.1 Å². The lowest BCUT2D eigenvalue weighted by atomic mass is 10.2. The van der Waals surface area contributed by atoms with Crippen molar-refractivity contribution in [1.29, 1.82) is 0 Å². The Hall–Kier alpha value is -1.42. The van der Waals surface area contributed by atoms with Gasteiger partial charge >= 0.3 is 0 Å². The quantitative estimate of drug-likeness (QED) is 0.609. The van der Waals surface area contributed by atoms with Crippen molar-refractivity contribution in [3.8, 4) is 0 Å². The molecule has 0 aliphatic heterocycles. The third-order valence-electron chi connectivity index (χ3n) is 2.39. The molecular weight excluding hydrogens is 259 g/mol. The predicted octanol–water partition coefficient (Wildman–Crippen LogP) is 3.39. The normalized spacial score (nSPS) is 11.3. The smallest absolute Gasteiger partial charge is 0.138 e. The Morgan fingerprint density at radius 3 is 2.87 bits per heavy atom. The summed E-state index contributed by atoms with van der Waals surface area (Å²) < 4.78 is 15.9. The van der Waals surface area contributed by atoms with E-state index in [9.17, 15) is 4.39 Å². The van der Waals surface area contributed by atoms with Crippen molar-refractivity contribution in [2.24, 2.45) is 0 Å². The van der Waals surface area contributed by atoms with Crippen LogP contribution in [0.15, 0.2) is 41.1 Å². The summed E-state index contributed by atoms with van der Waals surface area (Å²) in [6.45, 7) is 0. The van der Waals surface area contributed by atoms with E-state index in [4.69, 9.17) is 0 Å². The number of fused-ring (bicyclic) bond motifs is 3. The number of hydrogen-bond acceptors (Lipinski definition) is 1. The van der Waals surface area contributed by atoms with E-state index in [0.29, 0.717) is 0 Å². The van der Waals surface area contributed by atoms with Crippen LogP contribution < -0.4 is 0 Å². The van der Waals surface area contributed by atoms with Crippen LogP contribution in [-0.2, 0) is 0 Å². The lowest BCUT2D eigenvalue weighted by Gasteiger charge is -2.02. The van der Waals surface area contributed by atoms with Crippen LogP contribution in [0.4, 0.5) is 4.39 Å². The van der Waals surface area contributed by atoms with Crippen LogP contribution >= 0.6 is 15.9 Å². The second-order valence-corrected chi connectivity index (χ2v) is 4.12. The molecule has 2 heterocycles. The van der Waals surface area contributed by atoms with E-state index in [1.54, 1.807) is 12.3 Å². The minimum absolute atomic E-state index is 0.240. The summed E-state index contributed by atoms with van der Waals surface area (Å²) in [5.74, 6) is -0.240. The zero-order chi connectivity index (χ0) is 10.4. The van der Waals surface area contributed by atoms with E-state index >= 15 is 0 Å². The molecule has 0 atom stereocenters. The number of hydrogen-bond donors (Lipinski definition) is 0. The molecule has 0 spiro atoms. The molecule has 0 saturated carbocycles. The number of rotatable bonds is 0. The molecule has 2 aromatic heterocycles. The lowest BCUT2D eigenvalue weighted by Crippen LogP contribution is -1.89. The first-order chi connectivity index (χ1) is 7.25. The molecule has 15 heavy (non-hydrogen) atoms. The Kier molecular flexibility index (Phi) is 1.79. The zero-order valence-corrected chi connectivity index (χ0v) is 9.20. The number of benzene rings is 1. The van der Waals surface area contributed by atoms with Gasteiger partial charge in [0.2, 0.25) is 0 Å². The maximum atomic E-state index is 13.2. The Morgan fingerprint density at radius 2 is 2.00 bits per heavy atom. The van der Waals surface area contributed by atoms with Gasteiger partial charge in [0.15, 0.2) is 0 Å². The average molecular weight is 265 g/mol. The van der Waals surface area contributed by atoms with Crippen molar-refractivity contribution in [1.82, 2.24) is 9.38 Å². The SMILES string of the molecule is Fc1ccc2ccc3ncc(Br)n3c2c1.